The van der Waals surface area contributed by atoms with Crippen LogP contribution in [0.1, 0.15) is 18.5 Å². The fourth-order valence-electron chi connectivity index (χ4n) is 2.65. The summed E-state index contributed by atoms with van der Waals surface area (Å²) in [5, 5.41) is 4.00. The maximum absolute atomic E-state index is 11.4. The van der Waals surface area contributed by atoms with Gasteiger partial charge in [0.25, 0.3) is 0 Å². The molecule has 0 aliphatic rings. The average Bonchev–Trinajstić information content (AvgIpc) is 2.61. The van der Waals surface area contributed by atoms with Gasteiger partial charge in [-0.3, -0.25) is 9.78 Å². The first-order valence-corrected chi connectivity index (χ1v) is 7.56. The van der Waals surface area contributed by atoms with Crippen LogP contribution in [0.2, 0.25) is 0 Å². The zero-order chi connectivity index (χ0) is 16.2. The van der Waals surface area contributed by atoms with Gasteiger partial charge in [0.1, 0.15) is 0 Å². The fraction of sp³-hybridized carbons (Fsp3) is 0.100. The molecule has 0 saturated carbocycles. The number of carbonyl (C=O) groups is 1. The standard InChI is InChI=1S/C20H18N2O/c1-3-20(23)22-14(2)15-8-10-16(11-9-15)17-12-13-21-19-7-5-4-6-18(17)19/h3-14H,1H2,2H3,(H,22,23)/t14-/m1/s1. The highest BCUT2D eigenvalue weighted by Crippen LogP contribution is 2.28. The van der Waals surface area contributed by atoms with E-state index in [1.807, 2.05) is 49.5 Å². The van der Waals surface area contributed by atoms with Gasteiger partial charge in [-0.25, -0.2) is 0 Å². The molecule has 3 heteroatoms. The van der Waals surface area contributed by atoms with E-state index in [4.69, 9.17) is 0 Å². The highest BCUT2D eigenvalue weighted by molar-refractivity contribution is 5.94. The molecule has 1 atom stereocenters. The lowest BCUT2D eigenvalue weighted by Gasteiger charge is -2.14. The van der Waals surface area contributed by atoms with Gasteiger partial charge in [-0.1, -0.05) is 49.0 Å². The van der Waals surface area contributed by atoms with Crippen molar-refractivity contribution in [3.05, 3.63) is 79.0 Å². The van der Waals surface area contributed by atoms with E-state index in [0.717, 1.165) is 27.6 Å². The number of benzene rings is 2. The minimum Gasteiger partial charge on any atom is -0.346 e. The zero-order valence-electron chi connectivity index (χ0n) is 13.0. The second-order valence-corrected chi connectivity index (χ2v) is 5.43. The first-order valence-electron chi connectivity index (χ1n) is 7.56. The molecule has 2 aromatic carbocycles. The molecular weight excluding hydrogens is 284 g/mol. The number of hydrogen-bond donors (Lipinski definition) is 1. The van der Waals surface area contributed by atoms with Crippen LogP contribution in [0, 0.1) is 0 Å². The molecule has 1 amide bonds. The Balaban J connectivity index is 1.92. The molecule has 1 N–H and O–H groups in total. The van der Waals surface area contributed by atoms with Crippen LogP contribution in [0.5, 0.6) is 0 Å². The molecule has 3 nitrogen and oxygen atoms in total. The van der Waals surface area contributed by atoms with Crippen molar-refractivity contribution in [3.8, 4) is 11.1 Å². The molecule has 0 fully saturated rings. The quantitative estimate of drug-likeness (QED) is 0.731. The lowest BCUT2D eigenvalue weighted by molar-refractivity contribution is -0.117. The summed E-state index contributed by atoms with van der Waals surface area (Å²) in [5.41, 5.74) is 4.34. The summed E-state index contributed by atoms with van der Waals surface area (Å²) < 4.78 is 0. The van der Waals surface area contributed by atoms with Crippen molar-refractivity contribution in [1.29, 1.82) is 0 Å². The number of pyridine rings is 1. The molecule has 114 valence electrons. The zero-order valence-corrected chi connectivity index (χ0v) is 13.0. The van der Waals surface area contributed by atoms with E-state index in [-0.39, 0.29) is 11.9 Å². The van der Waals surface area contributed by atoms with Crippen molar-refractivity contribution in [1.82, 2.24) is 10.3 Å². The van der Waals surface area contributed by atoms with Crippen LogP contribution in [-0.4, -0.2) is 10.9 Å². The van der Waals surface area contributed by atoms with Crippen molar-refractivity contribution in [2.45, 2.75) is 13.0 Å². The largest absolute Gasteiger partial charge is 0.346 e. The Kier molecular flexibility index (Phi) is 4.20. The SMILES string of the molecule is C=CC(=O)N[C@H](C)c1ccc(-c2ccnc3ccccc23)cc1. The van der Waals surface area contributed by atoms with Crippen LogP contribution in [0.25, 0.3) is 22.0 Å². The Bertz CT molecular complexity index is 848. The second kappa shape index (κ2) is 6.44. The summed E-state index contributed by atoms with van der Waals surface area (Å²) in [6.07, 6.45) is 3.12. The molecule has 3 rings (SSSR count). The van der Waals surface area contributed by atoms with Gasteiger partial charge in [-0.15, -0.1) is 0 Å². The predicted molar refractivity (Wildman–Crippen MR) is 93.9 cm³/mol. The number of rotatable bonds is 4. The van der Waals surface area contributed by atoms with Gasteiger partial charge in [0.2, 0.25) is 5.91 Å². The summed E-state index contributed by atoms with van der Waals surface area (Å²) in [4.78, 5) is 15.8. The molecule has 1 aromatic heterocycles. The topological polar surface area (TPSA) is 42.0 Å². The Morgan fingerprint density at radius 1 is 1.13 bits per heavy atom. The molecule has 0 saturated heterocycles. The Hall–Kier alpha value is -2.94. The van der Waals surface area contributed by atoms with Crippen LogP contribution >= 0.6 is 0 Å². The smallest absolute Gasteiger partial charge is 0.243 e. The number of nitrogens with one attached hydrogen (secondary N) is 1. The third kappa shape index (κ3) is 3.14. The summed E-state index contributed by atoms with van der Waals surface area (Å²) >= 11 is 0. The molecule has 0 radical (unpaired) electrons. The Labute approximate surface area is 135 Å². The third-order valence-corrected chi connectivity index (χ3v) is 3.91. The predicted octanol–water partition coefficient (Wildman–Crippen LogP) is 4.27. The van der Waals surface area contributed by atoms with Gasteiger partial charge >= 0.3 is 0 Å². The lowest BCUT2D eigenvalue weighted by Crippen LogP contribution is -2.24. The van der Waals surface area contributed by atoms with Gasteiger partial charge in [0.15, 0.2) is 0 Å². The summed E-state index contributed by atoms with van der Waals surface area (Å²) in [6, 6.07) is 18.3. The number of hydrogen-bond acceptors (Lipinski definition) is 2. The van der Waals surface area contributed by atoms with Crippen molar-refractivity contribution in [2.24, 2.45) is 0 Å². The minimum atomic E-state index is -0.165. The summed E-state index contributed by atoms with van der Waals surface area (Å²) in [5.74, 6) is -0.165. The number of carbonyl (C=O) groups excluding carboxylic acids is 1. The first kappa shape index (κ1) is 15.0. The van der Waals surface area contributed by atoms with E-state index in [1.165, 1.54) is 6.08 Å². The Morgan fingerprint density at radius 3 is 2.61 bits per heavy atom. The van der Waals surface area contributed by atoms with Crippen molar-refractivity contribution in [2.75, 3.05) is 0 Å². The van der Waals surface area contributed by atoms with E-state index in [0.29, 0.717) is 0 Å². The van der Waals surface area contributed by atoms with E-state index < -0.39 is 0 Å². The van der Waals surface area contributed by atoms with Gasteiger partial charge in [-0.2, -0.15) is 0 Å². The summed E-state index contributed by atoms with van der Waals surface area (Å²) in [6.45, 7) is 5.43. The minimum absolute atomic E-state index is 0.0521. The van der Waals surface area contributed by atoms with Crippen LogP contribution in [0.3, 0.4) is 0 Å². The first-order chi connectivity index (χ1) is 11.2. The highest BCUT2D eigenvalue weighted by Gasteiger charge is 2.08. The molecule has 0 aliphatic heterocycles. The number of para-hydroxylation sites is 1. The van der Waals surface area contributed by atoms with Gasteiger partial charge in [0, 0.05) is 11.6 Å². The third-order valence-electron chi connectivity index (χ3n) is 3.91. The molecule has 0 bridgehead atoms. The summed E-state index contributed by atoms with van der Waals surface area (Å²) in [7, 11) is 0. The van der Waals surface area contributed by atoms with Crippen LogP contribution in [-0.2, 0) is 4.79 Å². The van der Waals surface area contributed by atoms with Crippen molar-refractivity contribution >= 4 is 16.8 Å². The molecule has 0 aliphatic carbocycles. The number of amides is 1. The van der Waals surface area contributed by atoms with E-state index >= 15 is 0 Å². The van der Waals surface area contributed by atoms with E-state index in [2.05, 4.69) is 35.1 Å². The van der Waals surface area contributed by atoms with Gasteiger partial charge < -0.3 is 5.32 Å². The van der Waals surface area contributed by atoms with Crippen LogP contribution in [0.15, 0.2) is 73.4 Å². The molecule has 1 heterocycles. The molecule has 23 heavy (non-hydrogen) atoms. The maximum Gasteiger partial charge on any atom is 0.243 e. The maximum atomic E-state index is 11.4. The monoisotopic (exact) mass is 302 g/mol. The molecule has 0 spiro atoms. The lowest BCUT2D eigenvalue weighted by atomic mass is 9.99. The number of aromatic nitrogens is 1. The van der Waals surface area contributed by atoms with E-state index in [1.54, 1.807) is 0 Å². The van der Waals surface area contributed by atoms with Crippen LogP contribution in [0.4, 0.5) is 0 Å². The molecular formula is C20H18N2O. The number of nitrogens with zero attached hydrogens (tertiary/aromatic N) is 1. The highest BCUT2D eigenvalue weighted by atomic mass is 16.1. The Morgan fingerprint density at radius 2 is 1.87 bits per heavy atom. The van der Waals surface area contributed by atoms with Crippen molar-refractivity contribution < 1.29 is 4.79 Å². The molecule has 3 aromatic rings. The van der Waals surface area contributed by atoms with Crippen molar-refractivity contribution in [3.63, 3.8) is 0 Å². The van der Waals surface area contributed by atoms with Gasteiger partial charge in [-0.05, 0) is 41.8 Å². The van der Waals surface area contributed by atoms with Gasteiger partial charge in [0.05, 0.1) is 11.6 Å². The fourth-order valence-corrected chi connectivity index (χ4v) is 2.65. The molecule has 0 unspecified atom stereocenters. The number of fused-ring (bicyclic) bond motifs is 1. The average molecular weight is 302 g/mol. The van der Waals surface area contributed by atoms with Crippen LogP contribution < -0.4 is 5.32 Å². The van der Waals surface area contributed by atoms with E-state index in [9.17, 15) is 4.79 Å². The normalized spacial score (nSPS) is 11.9. The second-order valence-electron chi connectivity index (χ2n) is 5.43.